The fraction of sp³-hybridized carbons (Fsp3) is 0. The van der Waals surface area contributed by atoms with Crippen molar-refractivity contribution in [1.82, 2.24) is 10.2 Å². The van der Waals surface area contributed by atoms with E-state index in [-0.39, 0.29) is 18.0 Å². The van der Waals surface area contributed by atoms with Gasteiger partial charge in [0, 0.05) is 6.07 Å². The summed E-state index contributed by atoms with van der Waals surface area (Å²) in [6, 6.07) is 4.58. The third-order valence-corrected chi connectivity index (χ3v) is 0.923. The minimum Gasteiger partial charge on any atom is -0.408 e. The van der Waals surface area contributed by atoms with Crippen LogP contribution in [0.1, 0.15) is 5.69 Å². The molecule has 0 unspecified atom stereocenters. The Kier molecular flexibility index (Phi) is 2.13. The maximum atomic E-state index is 9.77. The number of hydrogen-bond donors (Lipinski definition) is 0. The molecule has 0 aliphatic heterocycles. The zero-order valence-electron chi connectivity index (χ0n) is 5.39. The summed E-state index contributed by atoms with van der Waals surface area (Å²) in [6.45, 7) is 0.246. The molecule has 11 heavy (non-hydrogen) atoms. The Balaban J connectivity index is 2.84. The van der Waals surface area contributed by atoms with Gasteiger partial charge in [0.2, 0.25) is 5.88 Å². The van der Waals surface area contributed by atoms with Crippen LogP contribution in [-0.2, 0) is 4.79 Å². The molecule has 1 aromatic heterocycles. The van der Waals surface area contributed by atoms with Crippen LogP contribution in [0.3, 0.4) is 0 Å². The van der Waals surface area contributed by atoms with E-state index in [1.54, 1.807) is 6.07 Å². The van der Waals surface area contributed by atoms with Gasteiger partial charge in [0.25, 0.3) is 6.47 Å². The summed E-state index contributed by atoms with van der Waals surface area (Å²) >= 11 is 0. The van der Waals surface area contributed by atoms with Gasteiger partial charge in [-0.15, -0.1) is 10.2 Å². The molecule has 54 valence electrons. The highest BCUT2D eigenvalue weighted by atomic mass is 16.5. The van der Waals surface area contributed by atoms with Crippen molar-refractivity contribution in [1.29, 1.82) is 5.26 Å². The summed E-state index contributed by atoms with van der Waals surface area (Å²) in [5.74, 6) is 0.0824. The van der Waals surface area contributed by atoms with Gasteiger partial charge in [-0.05, 0) is 6.07 Å². The van der Waals surface area contributed by atoms with Crippen LogP contribution in [0.2, 0.25) is 0 Å². The van der Waals surface area contributed by atoms with Crippen molar-refractivity contribution >= 4 is 6.47 Å². The Labute approximate surface area is 62.2 Å². The highest BCUT2D eigenvalue weighted by molar-refractivity contribution is 5.42. The van der Waals surface area contributed by atoms with Crippen molar-refractivity contribution in [2.45, 2.75) is 0 Å². The lowest BCUT2D eigenvalue weighted by Crippen LogP contribution is -1.94. The van der Waals surface area contributed by atoms with E-state index >= 15 is 0 Å². The van der Waals surface area contributed by atoms with Crippen molar-refractivity contribution in [3.63, 3.8) is 0 Å². The predicted molar refractivity (Wildman–Crippen MR) is 33.4 cm³/mol. The Morgan fingerprint density at radius 3 is 2.82 bits per heavy atom. The average Bonchev–Trinajstić information content (AvgIpc) is 2.07. The summed E-state index contributed by atoms with van der Waals surface area (Å²) < 4.78 is 4.34. The number of carbonyl (C=O) groups excluding carboxylic acids is 1. The minimum absolute atomic E-state index is 0.0824. The first-order valence-electron chi connectivity index (χ1n) is 2.71. The monoisotopic (exact) mass is 149 g/mol. The van der Waals surface area contributed by atoms with Crippen molar-refractivity contribution < 1.29 is 9.53 Å². The molecule has 0 atom stereocenters. The molecule has 5 heteroatoms. The molecule has 0 aliphatic rings. The largest absolute Gasteiger partial charge is 0.408 e. The highest BCUT2D eigenvalue weighted by Gasteiger charge is 1.94. The maximum Gasteiger partial charge on any atom is 0.299 e. The van der Waals surface area contributed by atoms with Gasteiger partial charge in [0.15, 0.2) is 5.69 Å². The predicted octanol–water partition coefficient (Wildman–Crippen LogP) is -0.117. The zero-order chi connectivity index (χ0) is 8.10. The van der Waals surface area contributed by atoms with E-state index in [0.717, 1.165) is 0 Å². The molecule has 0 N–H and O–H groups in total. The van der Waals surface area contributed by atoms with Crippen LogP contribution in [0.4, 0.5) is 0 Å². The standard InChI is InChI=1S/C6H3N3O2/c7-3-5-1-2-6(9-8-5)11-4-10/h1-2,4H. The molecule has 1 rings (SSSR count). The van der Waals surface area contributed by atoms with Gasteiger partial charge in [-0.25, -0.2) is 0 Å². The number of nitriles is 1. The van der Waals surface area contributed by atoms with Crippen LogP contribution in [0.25, 0.3) is 0 Å². The second-order valence-electron chi connectivity index (χ2n) is 1.58. The fourth-order valence-corrected chi connectivity index (χ4v) is 0.492. The van der Waals surface area contributed by atoms with Gasteiger partial charge in [-0.1, -0.05) is 0 Å². The minimum atomic E-state index is 0.0824. The zero-order valence-corrected chi connectivity index (χ0v) is 5.39. The second kappa shape index (κ2) is 3.27. The maximum absolute atomic E-state index is 9.77. The lowest BCUT2D eigenvalue weighted by Gasteiger charge is -1.91. The normalized spacial score (nSPS) is 8.27. The quantitative estimate of drug-likeness (QED) is 0.548. The molecular formula is C6H3N3O2. The Morgan fingerprint density at radius 1 is 1.55 bits per heavy atom. The topological polar surface area (TPSA) is 75.9 Å². The number of aromatic nitrogens is 2. The van der Waals surface area contributed by atoms with Gasteiger partial charge in [0.1, 0.15) is 6.07 Å². The molecule has 0 spiro atoms. The van der Waals surface area contributed by atoms with Crippen molar-refractivity contribution in [3.8, 4) is 11.9 Å². The van der Waals surface area contributed by atoms with Crippen LogP contribution in [0.15, 0.2) is 12.1 Å². The highest BCUT2D eigenvalue weighted by Crippen LogP contribution is 2.01. The van der Waals surface area contributed by atoms with Crippen molar-refractivity contribution in [3.05, 3.63) is 17.8 Å². The molecule has 0 saturated carbocycles. The third-order valence-electron chi connectivity index (χ3n) is 0.923. The molecule has 0 aromatic carbocycles. The first-order valence-corrected chi connectivity index (χ1v) is 2.71. The lowest BCUT2D eigenvalue weighted by atomic mass is 10.4. The van der Waals surface area contributed by atoms with Gasteiger partial charge >= 0.3 is 0 Å². The van der Waals surface area contributed by atoms with E-state index in [1.807, 2.05) is 0 Å². The molecule has 0 aliphatic carbocycles. The van der Waals surface area contributed by atoms with Crippen LogP contribution < -0.4 is 4.74 Å². The number of rotatable bonds is 2. The van der Waals surface area contributed by atoms with E-state index in [9.17, 15) is 4.79 Å². The Morgan fingerprint density at radius 2 is 2.36 bits per heavy atom. The van der Waals surface area contributed by atoms with Gasteiger partial charge < -0.3 is 4.74 Å². The molecule has 0 fully saturated rings. The first kappa shape index (κ1) is 7.15. The van der Waals surface area contributed by atoms with Crippen LogP contribution in [0.5, 0.6) is 5.88 Å². The summed E-state index contributed by atoms with van der Waals surface area (Å²) in [6.07, 6.45) is 0. The molecule has 0 bridgehead atoms. The van der Waals surface area contributed by atoms with E-state index in [2.05, 4.69) is 14.9 Å². The van der Waals surface area contributed by atoms with Crippen LogP contribution in [-0.4, -0.2) is 16.7 Å². The summed E-state index contributed by atoms with van der Waals surface area (Å²) in [5.41, 5.74) is 0.184. The number of ether oxygens (including phenoxy) is 1. The molecule has 1 aromatic rings. The van der Waals surface area contributed by atoms with Gasteiger partial charge in [0.05, 0.1) is 0 Å². The molecule has 1 heterocycles. The summed E-state index contributed by atoms with van der Waals surface area (Å²) in [7, 11) is 0. The van der Waals surface area contributed by atoms with Crippen molar-refractivity contribution in [2.24, 2.45) is 0 Å². The molecule has 0 radical (unpaired) electrons. The van der Waals surface area contributed by atoms with Crippen molar-refractivity contribution in [2.75, 3.05) is 0 Å². The number of carbonyl (C=O) groups is 1. The molecule has 0 saturated heterocycles. The first-order chi connectivity index (χ1) is 5.36. The van der Waals surface area contributed by atoms with E-state index < -0.39 is 0 Å². The van der Waals surface area contributed by atoms with E-state index in [1.165, 1.54) is 12.1 Å². The average molecular weight is 149 g/mol. The number of hydrogen-bond acceptors (Lipinski definition) is 5. The van der Waals surface area contributed by atoms with E-state index in [0.29, 0.717) is 0 Å². The van der Waals surface area contributed by atoms with Crippen LogP contribution in [0, 0.1) is 11.3 Å². The van der Waals surface area contributed by atoms with Crippen LogP contribution >= 0.6 is 0 Å². The van der Waals surface area contributed by atoms with Gasteiger partial charge in [-0.3, -0.25) is 4.79 Å². The third kappa shape index (κ3) is 1.72. The molecule has 0 amide bonds. The van der Waals surface area contributed by atoms with E-state index in [4.69, 9.17) is 5.26 Å². The molecule has 5 nitrogen and oxygen atoms in total. The fourth-order valence-electron chi connectivity index (χ4n) is 0.492. The SMILES string of the molecule is N#Cc1ccc(OC=O)nn1. The Bertz CT molecular complexity index is 288. The Hall–Kier alpha value is -1.96. The summed E-state index contributed by atoms with van der Waals surface area (Å²) in [5, 5.41) is 15.1. The second-order valence-corrected chi connectivity index (χ2v) is 1.58. The summed E-state index contributed by atoms with van der Waals surface area (Å²) in [4.78, 5) is 9.77. The lowest BCUT2D eigenvalue weighted by molar-refractivity contribution is -0.121. The smallest absolute Gasteiger partial charge is 0.299 e. The number of nitrogens with zero attached hydrogens (tertiary/aromatic N) is 3. The molecular weight excluding hydrogens is 146 g/mol. The van der Waals surface area contributed by atoms with Gasteiger partial charge in [-0.2, -0.15) is 5.26 Å².